The molecule has 1 unspecified atom stereocenters. The van der Waals surface area contributed by atoms with Gasteiger partial charge in [-0.05, 0) is 20.3 Å². The molecule has 0 aliphatic carbocycles. The van der Waals surface area contributed by atoms with Crippen LogP contribution in [0.1, 0.15) is 52.9 Å². The molecule has 2 N–H and O–H groups in total. The average Bonchev–Trinajstić information content (AvgIpc) is 2.27. The second kappa shape index (κ2) is 6.85. The Kier molecular flexibility index (Phi) is 6.43. The van der Waals surface area contributed by atoms with Crippen LogP contribution in [-0.2, 0) is 18.7 Å². The van der Waals surface area contributed by atoms with Crippen molar-refractivity contribution in [3.63, 3.8) is 0 Å². The SMILES string of the molecule is CCCCCCC(C(=O)O)(P(=O)=O)C(C)(C)C(=O)O. The predicted molar refractivity (Wildman–Crippen MR) is 68.8 cm³/mol. The van der Waals surface area contributed by atoms with Crippen molar-refractivity contribution >= 4 is 19.6 Å². The number of carboxylic acid groups (broad SMARTS) is 2. The molecule has 0 saturated carbocycles. The van der Waals surface area contributed by atoms with Crippen molar-refractivity contribution in [3.8, 4) is 0 Å². The van der Waals surface area contributed by atoms with Gasteiger partial charge < -0.3 is 10.2 Å². The van der Waals surface area contributed by atoms with Crippen molar-refractivity contribution in [2.45, 2.75) is 58.0 Å². The first kappa shape index (κ1) is 17.8. The predicted octanol–water partition coefficient (Wildman–Crippen LogP) is 3.06. The van der Waals surface area contributed by atoms with Gasteiger partial charge in [0.25, 0.3) is 0 Å². The zero-order valence-corrected chi connectivity index (χ0v) is 12.4. The monoisotopic (exact) mass is 292 g/mol. The van der Waals surface area contributed by atoms with Gasteiger partial charge in [0, 0.05) is 0 Å². The number of unbranched alkanes of at least 4 members (excludes halogenated alkanes) is 3. The maximum atomic E-state index is 11.5. The van der Waals surface area contributed by atoms with Crippen LogP contribution in [0.3, 0.4) is 0 Å². The lowest BCUT2D eigenvalue weighted by molar-refractivity contribution is -0.158. The number of rotatable bonds is 9. The third-order valence-electron chi connectivity index (χ3n) is 3.63. The second-order valence-electron chi connectivity index (χ2n) is 5.16. The van der Waals surface area contributed by atoms with E-state index in [2.05, 4.69) is 0 Å². The summed E-state index contributed by atoms with van der Waals surface area (Å²) in [7, 11) is -3.41. The van der Waals surface area contributed by atoms with Crippen LogP contribution in [0.15, 0.2) is 0 Å². The highest BCUT2D eigenvalue weighted by Gasteiger charge is 2.60. The van der Waals surface area contributed by atoms with Gasteiger partial charge in [-0.3, -0.25) is 9.59 Å². The first-order chi connectivity index (χ1) is 8.64. The van der Waals surface area contributed by atoms with Gasteiger partial charge >= 0.3 is 19.6 Å². The molecule has 0 saturated heterocycles. The minimum atomic E-state index is -3.41. The largest absolute Gasteiger partial charge is 0.481 e. The molecule has 0 amide bonds. The van der Waals surface area contributed by atoms with Gasteiger partial charge in [-0.15, -0.1) is 0 Å². The molecule has 0 bridgehead atoms. The van der Waals surface area contributed by atoms with Gasteiger partial charge in [-0.2, -0.15) is 0 Å². The second-order valence-corrected chi connectivity index (χ2v) is 6.44. The zero-order valence-electron chi connectivity index (χ0n) is 11.5. The summed E-state index contributed by atoms with van der Waals surface area (Å²) in [5.74, 6) is -3.02. The lowest BCUT2D eigenvalue weighted by Crippen LogP contribution is -2.51. The van der Waals surface area contributed by atoms with Gasteiger partial charge in [-0.25, -0.2) is 9.13 Å². The molecule has 7 heteroatoms. The molecule has 0 aromatic rings. The fraction of sp³-hybridized carbons (Fsp3) is 0.833. The standard InChI is InChI=1S/C12H21O6P/c1-4-5-6-7-8-12(10(15)16,19(17)18)11(2,3)9(13)14/h4-8H2,1-3H3,(H,13,14)(H,15,16). The molecule has 0 aliphatic heterocycles. The first-order valence-electron chi connectivity index (χ1n) is 6.25. The van der Waals surface area contributed by atoms with Gasteiger partial charge in [-0.1, -0.05) is 32.6 Å². The van der Waals surface area contributed by atoms with Gasteiger partial charge in [0.15, 0.2) is 5.16 Å². The minimum Gasteiger partial charge on any atom is -0.481 e. The summed E-state index contributed by atoms with van der Waals surface area (Å²) in [6.07, 6.45) is 2.66. The summed E-state index contributed by atoms with van der Waals surface area (Å²) in [5, 5.41) is 16.2. The van der Waals surface area contributed by atoms with Crippen molar-refractivity contribution in [1.29, 1.82) is 0 Å². The molecule has 0 aromatic carbocycles. The summed E-state index contributed by atoms with van der Waals surface area (Å²) >= 11 is 0. The van der Waals surface area contributed by atoms with Crippen LogP contribution >= 0.6 is 7.68 Å². The summed E-state index contributed by atoms with van der Waals surface area (Å²) in [4.78, 5) is 22.7. The van der Waals surface area contributed by atoms with Crippen molar-refractivity contribution in [1.82, 2.24) is 0 Å². The van der Waals surface area contributed by atoms with Crippen LogP contribution in [-0.4, -0.2) is 27.3 Å². The molecular weight excluding hydrogens is 271 g/mol. The fourth-order valence-electron chi connectivity index (χ4n) is 2.07. The molecule has 6 nitrogen and oxygen atoms in total. The maximum absolute atomic E-state index is 11.5. The molecule has 0 heterocycles. The topological polar surface area (TPSA) is 109 Å². The lowest BCUT2D eigenvalue weighted by Gasteiger charge is -2.34. The van der Waals surface area contributed by atoms with Gasteiger partial charge in [0.05, 0.1) is 5.41 Å². The molecule has 0 spiro atoms. The highest BCUT2D eigenvalue weighted by Crippen LogP contribution is 2.49. The Balaban J connectivity index is 5.47. The number of carboxylic acids is 2. The van der Waals surface area contributed by atoms with E-state index in [0.29, 0.717) is 12.8 Å². The number of aliphatic carboxylic acids is 2. The van der Waals surface area contributed by atoms with Crippen LogP contribution < -0.4 is 0 Å². The van der Waals surface area contributed by atoms with Crippen LogP contribution in [0.25, 0.3) is 0 Å². The molecule has 1 atom stereocenters. The van der Waals surface area contributed by atoms with E-state index in [1.165, 1.54) is 0 Å². The van der Waals surface area contributed by atoms with Gasteiger partial charge in [0.1, 0.15) is 0 Å². The number of carbonyl (C=O) groups is 2. The Morgan fingerprint density at radius 3 is 1.84 bits per heavy atom. The van der Waals surface area contributed by atoms with Crippen LogP contribution in [0.5, 0.6) is 0 Å². The molecule has 0 aromatic heterocycles. The van der Waals surface area contributed by atoms with E-state index >= 15 is 0 Å². The van der Waals surface area contributed by atoms with Crippen molar-refractivity contribution in [2.24, 2.45) is 5.41 Å². The Morgan fingerprint density at radius 2 is 1.53 bits per heavy atom. The third-order valence-corrected chi connectivity index (χ3v) is 5.22. The van der Waals surface area contributed by atoms with E-state index in [0.717, 1.165) is 26.7 Å². The third kappa shape index (κ3) is 3.44. The fourth-order valence-corrected chi connectivity index (χ4v) is 3.12. The number of hydrogen-bond donors (Lipinski definition) is 2. The average molecular weight is 292 g/mol. The Labute approximate surface area is 113 Å². The summed E-state index contributed by atoms with van der Waals surface area (Å²) in [6, 6.07) is 0. The summed E-state index contributed by atoms with van der Waals surface area (Å²) in [5.41, 5.74) is -1.87. The highest BCUT2D eigenvalue weighted by molar-refractivity contribution is 7.34. The van der Waals surface area contributed by atoms with Crippen LogP contribution in [0.4, 0.5) is 0 Å². The van der Waals surface area contributed by atoms with E-state index in [1.807, 2.05) is 6.92 Å². The Hall–Kier alpha value is -1.16. The van der Waals surface area contributed by atoms with E-state index in [9.17, 15) is 23.8 Å². The van der Waals surface area contributed by atoms with E-state index in [4.69, 9.17) is 5.11 Å². The van der Waals surface area contributed by atoms with Crippen molar-refractivity contribution < 1.29 is 28.9 Å². The quantitative estimate of drug-likeness (QED) is 0.499. The molecule has 0 aliphatic rings. The van der Waals surface area contributed by atoms with Crippen molar-refractivity contribution in [3.05, 3.63) is 0 Å². The van der Waals surface area contributed by atoms with Crippen LogP contribution in [0.2, 0.25) is 0 Å². The maximum Gasteiger partial charge on any atom is 0.334 e. The smallest absolute Gasteiger partial charge is 0.334 e. The molecule has 0 rings (SSSR count). The molecule has 19 heavy (non-hydrogen) atoms. The van der Waals surface area contributed by atoms with E-state index in [1.54, 1.807) is 0 Å². The Bertz CT molecular complexity index is 404. The summed E-state index contributed by atoms with van der Waals surface area (Å²) in [6.45, 7) is 4.27. The van der Waals surface area contributed by atoms with Crippen molar-refractivity contribution in [2.75, 3.05) is 0 Å². The Morgan fingerprint density at radius 1 is 1.00 bits per heavy atom. The molecular formula is C12H21O6P. The molecule has 0 fully saturated rings. The zero-order chi connectivity index (χ0) is 15.3. The van der Waals surface area contributed by atoms with Gasteiger partial charge in [0.2, 0.25) is 0 Å². The van der Waals surface area contributed by atoms with E-state index < -0.39 is 30.2 Å². The molecule has 110 valence electrons. The minimum absolute atomic E-state index is 0.180. The lowest BCUT2D eigenvalue weighted by atomic mass is 9.75. The number of hydrogen-bond acceptors (Lipinski definition) is 4. The van der Waals surface area contributed by atoms with Crippen LogP contribution in [0, 0.1) is 5.41 Å². The normalized spacial score (nSPS) is 14.7. The highest BCUT2D eigenvalue weighted by atomic mass is 31.1. The van der Waals surface area contributed by atoms with E-state index in [-0.39, 0.29) is 6.42 Å². The molecule has 0 radical (unpaired) electrons. The summed E-state index contributed by atoms with van der Waals surface area (Å²) < 4.78 is 22.9. The first-order valence-corrected chi connectivity index (χ1v) is 7.43.